The summed E-state index contributed by atoms with van der Waals surface area (Å²) in [6.07, 6.45) is 1.16. The zero-order chi connectivity index (χ0) is 15.1. The first kappa shape index (κ1) is 15.1. The van der Waals surface area contributed by atoms with Gasteiger partial charge in [-0.25, -0.2) is 0 Å². The van der Waals surface area contributed by atoms with Crippen LogP contribution in [0.3, 0.4) is 0 Å². The summed E-state index contributed by atoms with van der Waals surface area (Å²) in [5.41, 5.74) is 2.11. The lowest BCUT2D eigenvalue weighted by atomic mass is 10.1. The number of carbonyl (C=O) groups is 1. The number of esters is 1. The number of carbonyl (C=O) groups excluding carboxylic acids is 1. The van der Waals surface area contributed by atoms with Crippen molar-refractivity contribution < 1.29 is 14.3 Å². The second kappa shape index (κ2) is 7.48. The molecule has 0 aliphatic heterocycles. The lowest BCUT2D eigenvalue weighted by Crippen LogP contribution is -2.08. The Morgan fingerprint density at radius 1 is 1.00 bits per heavy atom. The second-order valence-electron chi connectivity index (χ2n) is 4.70. The summed E-state index contributed by atoms with van der Waals surface area (Å²) in [5, 5.41) is 0. The predicted octanol–water partition coefficient (Wildman–Crippen LogP) is 4.14. The molecule has 110 valence electrons. The van der Waals surface area contributed by atoms with E-state index in [1.165, 1.54) is 0 Å². The molecule has 0 aliphatic rings. The van der Waals surface area contributed by atoms with E-state index < -0.39 is 0 Å². The quantitative estimate of drug-likeness (QED) is 0.590. The van der Waals surface area contributed by atoms with Gasteiger partial charge in [-0.3, -0.25) is 4.79 Å². The topological polar surface area (TPSA) is 35.5 Å². The number of aryl methyl sites for hydroxylation is 1. The Bertz CT molecular complexity index is 591. The highest BCUT2D eigenvalue weighted by Gasteiger charge is 2.13. The zero-order valence-corrected chi connectivity index (χ0v) is 12.5. The van der Waals surface area contributed by atoms with Gasteiger partial charge in [0, 0.05) is 6.42 Å². The maximum atomic E-state index is 11.5. The fourth-order valence-electron chi connectivity index (χ4n) is 2.01. The van der Waals surface area contributed by atoms with Crippen molar-refractivity contribution in [1.29, 1.82) is 0 Å². The minimum atomic E-state index is -0.257. The molecule has 2 aromatic carbocycles. The van der Waals surface area contributed by atoms with Gasteiger partial charge >= 0.3 is 5.97 Å². The van der Waals surface area contributed by atoms with Crippen molar-refractivity contribution in [1.82, 2.24) is 0 Å². The first-order valence-electron chi connectivity index (χ1n) is 7.23. The van der Waals surface area contributed by atoms with Gasteiger partial charge in [-0.1, -0.05) is 56.3 Å². The van der Waals surface area contributed by atoms with Crippen LogP contribution >= 0.6 is 0 Å². The molecular weight excluding hydrogens is 264 g/mol. The Balaban J connectivity index is 2.20. The van der Waals surface area contributed by atoms with Gasteiger partial charge in [0.15, 0.2) is 11.5 Å². The monoisotopic (exact) mass is 284 g/mol. The van der Waals surface area contributed by atoms with Crippen molar-refractivity contribution in [2.45, 2.75) is 33.3 Å². The largest absolute Gasteiger partial charge is 0.485 e. The third kappa shape index (κ3) is 4.09. The van der Waals surface area contributed by atoms with Crippen molar-refractivity contribution in [3.8, 4) is 11.5 Å². The maximum Gasteiger partial charge on any atom is 0.311 e. The Morgan fingerprint density at radius 2 is 1.76 bits per heavy atom. The molecule has 0 amide bonds. The highest BCUT2D eigenvalue weighted by Crippen LogP contribution is 2.32. The highest BCUT2D eigenvalue weighted by atomic mass is 16.6. The molecule has 0 saturated carbocycles. The molecule has 0 spiro atoms. The molecule has 0 heterocycles. The van der Waals surface area contributed by atoms with Crippen LogP contribution in [0.1, 0.15) is 31.4 Å². The van der Waals surface area contributed by atoms with E-state index in [4.69, 9.17) is 9.47 Å². The fraction of sp³-hybridized carbons (Fsp3) is 0.278. The van der Waals surface area contributed by atoms with Crippen molar-refractivity contribution in [3.05, 3.63) is 59.7 Å². The third-order valence-corrected chi connectivity index (χ3v) is 3.18. The number of rotatable bonds is 6. The molecule has 0 radical (unpaired) electrons. The zero-order valence-electron chi connectivity index (χ0n) is 12.5. The molecule has 0 atom stereocenters. The summed E-state index contributed by atoms with van der Waals surface area (Å²) in [6, 6.07) is 15.6. The Morgan fingerprint density at radius 3 is 2.43 bits per heavy atom. The van der Waals surface area contributed by atoms with Crippen LogP contribution in [0, 0.1) is 0 Å². The van der Waals surface area contributed by atoms with E-state index in [0.717, 1.165) is 17.5 Å². The summed E-state index contributed by atoms with van der Waals surface area (Å²) in [4.78, 5) is 11.5. The summed E-state index contributed by atoms with van der Waals surface area (Å²) in [6.45, 7) is 4.28. The standard InChI is InChI=1S/C18H20O3/c1-3-15-11-8-12-16(21-17(19)4-2)18(15)20-13-14-9-6-5-7-10-14/h5-12H,3-4,13H2,1-2H3. The lowest BCUT2D eigenvalue weighted by molar-refractivity contribution is -0.134. The van der Waals surface area contributed by atoms with Gasteiger partial charge in [0.1, 0.15) is 6.61 Å². The molecular formula is C18H20O3. The Hall–Kier alpha value is -2.29. The average Bonchev–Trinajstić information content (AvgIpc) is 2.54. The van der Waals surface area contributed by atoms with Gasteiger partial charge in [0.25, 0.3) is 0 Å². The molecule has 3 nitrogen and oxygen atoms in total. The van der Waals surface area contributed by atoms with E-state index in [-0.39, 0.29) is 5.97 Å². The Labute approximate surface area is 125 Å². The van der Waals surface area contributed by atoms with Crippen LogP contribution in [0.25, 0.3) is 0 Å². The normalized spacial score (nSPS) is 10.2. The maximum absolute atomic E-state index is 11.5. The highest BCUT2D eigenvalue weighted by molar-refractivity contribution is 5.73. The van der Waals surface area contributed by atoms with Gasteiger partial charge < -0.3 is 9.47 Å². The van der Waals surface area contributed by atoms with Crippen LogP contribution in [0.15, 0.2) is 48.5 Å². The SMILES string of the molecule is CCC(=O)Oc1cccc(CC)c1OCc1ccccc1. The molecule has 2 rings (SSSR count). The molecule has 0 fully saturated rings. The smallest absolute Gasteiger partial charge is 0.311 e. The molecule has 0 bridgehead atoms. The van der Waals surface area contributed by atoms with E-state index in [1.807, 2.05) is 42.5 Å². The third-order valence-electron chi connectivity index (χ3n) is 3.18. The summed E-state index contributed by atoms with van der Waals surface area (Å²) < 4.78 is 11.3. The molecule has 0 saturated heterocycles. The summed E-state index contributed by atoms with van der Waals surface area (Å²) >= 11 is 0. The van der Waals surface area contributed by atoms with Crippen molar-refractivity contribution >= 4 is 5.97 Å². The number of ether oxygens (including phenoxy) is 2. The van der Waals surface area contributed by atoms with Crippen LogP contribution in [0.4, 0.5) is 0 Å². The molecule has 0 unspecified atom stereocenters. The summed E-state index contributed by atoms with van der Waals surface area (Å²) in [5.74, 6) is 0.899. The minimum absolute atomic E-state index is 0.257. The van der Waals surface area contributed by atoms with Crippen LogP contribution < -0.4 is 9.47 Å². The number of hydrogen-bond acceptors (Lipinski definition) is 3. The molecule has 0 N–H and O–H groups in total. The first-order chi connectivity index (χ1) is 10.2. The summed E-state index contributed by atoms with van der Waals surface area (Å²) in [7, 11) is 0. The van der Waals surface area contributed by atoms with E-state index in [1.54, 1.807) is 13.0 Å². The van der Waals surface area contributed by atoms with Crippen molar-refractivity contribution in [2.24, 2.45) is 0 Å². The number of hydrogen-bond donors (Lipinski definition) is 0. The van der Waals surface area contributed by atoms with Gasteiger partial charge in [-0.2, -0.15) is 0 Å². The van der Waals surface area contributed by atoms with Crippen molar-refractivity contribution in [2.75, 3.05) is 0 Å². The van der Waals surface area contributed by atoms with Gasteiger partial charge in [-0.05, 0) is 23.6 Å². The van der Waals surface area contributed by atoms with Gasteiger partial charge in [-0.15, -0.1) is 0 Å². The van der Waals surface area contributed by atoms with Crippen LogP contribution in [0.5, 0.6) is 11.5 Å². The van der Waals surface area contributed by atoms with E-state index >= 15 is 0 Å². The molecule has 0 aromatic heterocycles. The number of benzene rings is 2. The van der Waals surface area contributed by atoms with E-state index in [2.05, 4.69) is 6.92 Å². The second-order valence-corrected chi connectivity index (χ2v) is 4.70. The average molecular weight is 284 g/mol. The molecule has 3 heteroatoms. The van der Waals surface area contributed by atoms with Crippen LogP contribution in [-0.2, 0) is 17.8 Å². The first-order valence-corrected chi connectivity index (χ1v) is 7.23. The molecule has 0 aliphatic carbocycles. The van der Waals surface area contributed by atoms with Gasteiger partial charge in [0.05, 0.1) is 0 Å². The predicted molar refractivity (Wildman–Crippen MR) is 82.5 cm³/mol. The molecule has 2 aromatic rings. The van der Waals surface area contributed by atoms with Crippen molar-refractivity contribution in [3.63, 3.8) is 0 Å². The van der Waals surface area contributed by atoms with E-state index in [0.29, 0.717) is 24.5 Å². The Kier molecular flexibility index (Phi) is 5.38. The number of para-hydroxylation sites is 1. The van der Waals surface area contributed by atoms with Crippen LogP contribution in [0.2, 0.25) is 0 Å². The molecule has 21 heavy (non-hydrogen) atoms. The fourth-order valence-corrected chi connectivity index (χ4v) is 2.01. The van der Waals surface area contributed by atoms with E-state index in [9.17, 15) is 4.79 Å². The lowest BCUT2D eigenvalue weighted by Gasteiger charge is -2.15. The minimum Gasteiger partial charge on any atom is -0.485 e. The van der Waals surface area contributed by atoms with Crippen LogP contribution in [-0.4, -0.2) is 5.97 Å². The van der Waals surface area contributed by atoms with Gasteiger partial charge in [0.2, 0.25) is 0 Å².